The van der Waals surface area contributed by atoms with Gasteiger partial charge in [-0.25, -0.2) is 0 Å². The first-order valence-corrected chi connectivity index (χ1v) is 11.7. The van der Waals surface area contributed by atoms with E-state index in [-0.39, 0.29) is 0 Å². The third kappa shape index (κ3) is 31.0. The van der Waals surface area contributed by atoms with E-state index < -0.39 is 0 Å². The molecule has 0 saturated carbocycles. The molecule has 0 aromatic heterocycles. The van der Waals surface area contributed by atoms with Crippen LogP contribution in [0.4, 0.5) is 0 Å². The first-order chi connectivity index (χ1) is 12.8. The van der Waals surface area contributed by atoms with Crippen molar-refractivity contribution in [3.8, 4) is 0 Å². The summed E-state index contributed by atoms with van der Waals surface area (Å²) < 4.78 is 0. The van der Waals surface area contributed by atoms with Gasteiger partial charge in [-0.1, -0.05) is 115 Å². The lowest BCUT2D eigenvalue weighted by atomic mass is 10.1. The van der Waals surface area contributed by atoms with Crippen LogP contribution < -0.4 is 0 Å². The van der Waals surface area contributed by atoms with Crippen LogP contribution in [0.25, 0.3) is 0 Å². The average molecular weight is 363 g/mol. The SMILES string of the molecule is C/C=C\CCCCC.CCCCC/C=C\C/C=C\CCCCCCCC. The van der Waals surface area contributed by atoms with E-state index in [1.807, 2.05) is 0 Å². The molecule has 0 N–H and O–H groups in total. The van der Waals surface area contributed by atoms with Gasteiger partial charge < -0.3 is 0 Å². The molecule has 0 aliphatic rings. The van der Waals surface area contributed by atoms with Crippen molar-refractivity contribution in [1.29, 1.82) is 0 Å². The van der Waals surface area contributed by atoms with Crippen molar-refractivity contribution in [2.45, 2.75) is 130 Å². The molecule has 0 unspecified atom stereocenters. The number of unbranched alkanes of at least 4 members (excludes halogenated alkanes) is 12. The highest BCUT2D eigenvalue weighted by Gasteiger charge is 1.87. The highest BCUT2D eigenvalue weighted by Crippen LogP contribution is 2.07. The summed E-state index contributed by atoms with van der Waals surface area (Å²) in [6, 6.07) is 0. The van der Waals surface area contributed by atoms with Crippen LogP contribution in [-0.2, 0) is 0 Å². The molecule has 0 rings (SSSR count). The van der Waals surface area contributed by atoms with Crippen LogP contribution >= 0.6 is 0 Å². The Morgan fingerprint density at radius 3 is 1.31 bits per heavy atom. The third-order valence-electron chi connectivity index (χ3n) is 4.51. The minimum atomic E-state index is 1.13. The number of rotatable bonds is 17. The first-order valence-electron chi connectivity index (χ1n) is 11.7. The predicted octanol–water partition coefficient (Wildman–Crippen LogP) is 9.96. The summed E-state index contributed by atoms with van der Waals surface area (Å²) in [6.07, 6.45) is 35.2. The molecular weight excluding hydrogens is 312 g/mol. The van der Waals surface area contributed by atoms with Crippen molar-refractivity contribution in [2.75, 3.05) is 0 Å². The van der Waals surface area contributed by atoms with Gasteiger partial charge in [0.2, 0.25) is 0 Å². The maximum absolute atomic E-state index is 2.36. The lowest BCUT2D eigenvalue weighted by Gasteiger charge is -1.97. The Bertz CT molecular complexity index is 295. The zero-order valence-corrected chi connectivity index (χ0v) is 18.8. The summed E-state index contributed by atoms with van der Waals surface area (Å²) in [5, 5.41) is 0. The normalized spacial score (nSPS) is 11.5. The molecule has 0 atom stereocenters. The lowest BCUT2D eigenvalue weighted by Crippen LogP contribution is -1.77. The average Bonchev–Trinajstić information content (AvgIpc) is 2.66. The summed E-state index contributed by atoms with van der Waals surface area (Å²) >= 11 is 0. The predicted molar refractivity (Wildman–Crippen MR) is 124 cm³/mol. The van der Waals surface area contributed by atoms with Crippen LogP contribution in [0.3, 0.4) is 0 Å². The van der Waals surface area contributed by atoms with Crippen molar-refractivity contribution in [2.24, 2.45) is 0 Å². The molecule has 0 heterocycles. The Hall–Kier alpha value is -0.780. The van der Waals surface area contributed by atoms with Crippen LogP contribution in [0.1, 0.15) is 130 Å². The minimum absolute atomic E-state index is 1.13. The molecule has 0 nitrogen and oxygen atoms in total. The number of hydrogen-bond acceptors (Lipinski definition) is 0. The zero-order valence-electron chi connectivity index (χ0n) is 18.8. The molecule has 0 aliphatic heterocycles. The summed E-state index contributed by atoms with van der Waals surface area (Å²) in [6.45, 7) is 8.84. The van der Waals surface area contributed by atoms with Gasteiger partial charge in [0.05, 0.1) is 0 Å². The van der Waals surface area contributed by atoms with Crippen molar-refractivity contribution in [1.82, 2.24) is 0 Å². The van der Waals surface area contributed by atoms with E-state index in [1.54, 1.807) is 0 Å². The number of hydrogen-bond donors (Lipinski definition) is 0. The summed E-state index contributed by atoms with van der Waals surface area (Å²) in [7, 11) is 0. The maximum Gasteiger partial charge on any atom is -0.0169 e. The van der Waals surface area contributed by atoms with Crippen molar-refractivity contribution >= 4 is 0 Å². The van der Waals surface area contributed by atoms with Gasteiger partial charge in [0.15, 0.2) is 0 Å². The van der Waals surface area contributed by atoms with E-state index in [9.17, 15) is 0 Å². The van der Waals surface area contributed by atoms with E-state index in [0.29, 0.717) is 0 Å². The second-order valence-corrected chi connectivity index (χ2v) is 7.30. The molecule has 0 bridgehead atoms. The molecule has 0 amide bonds. The summed E-state index contributed by atoms with van der Waals surface area (Å²) in [5.74, 6) is 0. The molecule has 0 aromatic rings. The van der Waals surface area contributed by atoms with Gasteiger partial charge >= 0.3 is 0 Å². The standard InChI is InChI=1S/C18H34.C8H16/c1-3-5-7-9-11-13-15-17-18-16-14-12-10-8-6-4-2;1-3-5-7-8-6-4-2/h11,13,17-18H,3-10,12,14-16H2,1-2H3;3,5H,4,6-8H2,1-2H3/b13-11-,18-17-;5-3-. The highest BCUT2D eigenvalue weighted by atomic mass is 13.9. The third-order valence-corrected chi connectivity index (χ3v) is 4.51. The van der Waals surface area contributed by atoms with Crippen LogP contribution in [0, 0.1) is 0 Å². The zero-order chi connectivity index (χ0) is 19.6. The molecule has 154 valence electrons. The van der Waals surface area contributed by atoms with E-state index in [2.05, 4.69) is 64.2 Å². The molecule has 26 heavy (non-hydrogen) atoms. The Balaban J connectivity index is 0. The second kappa shape index (κ2) is 29.0. The van der Waals surface area contributed by atoms with E-state index in [4.69, 9.17) is 0 Å². The van der Waals surface area contributed by atoms with Gasteiger partial charge in [0.25, 0.3) is 0 Å². The maximum atomic E-state index is 2.36. The second-order valence-electron chi connectivity index (χ2n) is 7.30. The van der Waals surface area contributed by atoms with Gasteiger partial charge in [-0.05, 0) is 51.9 Å². The monoisotopic (exact) mass is 362 g/mol. The first kappa shape index (κ1) is 27.4. The van der Waals surface area contributed by atoms with Crippen LogP contribution in [0.15, 0.2) is 36.5 Å². The molecule has 0 aromatic carbocycles. The molecule has 0 saturated heterocycles. The van der Waals surface area contributed by atoms with Gasteiger partial charge in [-0.2, -0.15) is 0 Å². The van der Waals surface area contributed by atoms with Gasteiger partial charge in [0, 0.05) is 0 Å². The molecule has 0 heteroatoms. The quantitative estimate of drug-likeness (QED) is 0.178. The fourth-order valence-electron chi connectivity index (χ4n) is 2.74. The Morgan fingerprint density at radius 2 is 0.808 bits per heavy atom. The fraction of sp³-hybridized carbons (Fsp3) is 0.769. The van der Waals surface area contributed by atoms with E-state index >= 15 is 0 Å². The van der Waals surface area contributed by atoms with E-state index in [1.165, 1.54) is 96.3 Å². The van der Waals surface area contributed by atoms with Crippen LogP contribution in [-0.4, -0.2) is 0 Å². The largest absolute Gasteiger partial charge is 0.0917 e. The molecule has 0 fully saturated rings. The molecular formula is C26H50. The lowest BCUT2D eigenvalue weighted by molar-refractivity contribution is 0.611. The minimum Gasteiger partial charge on any atom is -0.0917 e. The summed E-state index contributed by atoms with van der Waals surface area (Å²) in [4.78, 5) is 0. The molecule has 0 spiro atoms. The van der Waals surface area contributed by atoms with E-state index in [0.717, 1.165) is 6.42 Å². The number of allylic oxidation sites excluding steroid dienone is 6. The van der Waals surface area contributed by atoms with Gasteiger partial charge in [-0.15, -0.1) is 0 Å². The molecule has 0 radical (unpaired) electrons. The Morgan fingerprint density at radius 1 is 0.423 bits per heavy atom. The van der Waals surface area contributed by atoms with Crippen LogP contribution in [0.2, 0.25) is 0 Å². The molecule has 0 aliphatic carbocycles. The van der Waals surface area contributed by atoms with Crippen molar-refractivity contribution in [3.63, 3.8) is 0 Å². The smallest absolute Gasteiger partial charge is 0.0169 e. The van der Waals surface area contributed by atoms with Crippen molar-refractivity contribution in [3.05, 3.63) is 36.5 Å². The highest BCUT2D eigenvalue weighted by molar-refractivity contribution is 4.92. The van der Waals surface area contributed by atoms with Gasteiger partial charge in [-0.3, -0.25) is 0 Å². The topological polar surface area (TPSA) is 0 Å². The van der Waals surface area contributed by atoms with Crippen molar-refractivity contribution < 1.29 is 0 Å². The van der Waals surface area contributed by atoms with Gasteiger partial charge in [0.1, 0.15) is 0 Å². The fourth-order valence-corrected chi connectivity index (χ4v) is 2.74. The Labute approximate surface area is 167 Å². The summed E-state index contributed by atoms with van der Waals surface area (Å²) in [5.41, 5.74) is 0. The Kier molecular flexibility index (Phi) is 30.6. The van der Waals surface area contributed by atoms with Crippen LogP contribution in [0.5, 0.6) is 0 Å².